The molecule has 16 heavy (non-hydrogen) atoms. The van der Waals surface area contributed by atoms with E-state index in [-0.39, 0.29) is 5.91 Å². The summed E-state index contributed by atoms with van der Waals surface area (Å²) < 4.78 is 0. The lowest BCUT2D eigenvalue weighted by Crippen LogP contribution is -2.25. The number of hydrogen-bond donors (Lipinski definition) is 2. The minimum atomic E-state index is -0.0325. The number of nitrogens with one attached hydrogen (secondary N) is 2. The summed E-state index contributed by atoms with van der Waals surface area (Å²) >= 11 is 0. The van der Waals surface area contributed by atoms with Gasteiger partial charge in [-0.05, 0) is 23.1 Å². The second-order valence-corrected chi connectivity index (χ2v) is 4.30. The predicted molar refractivity (Wildman–Crippen MR) is 64.7 cm³/mol. The monoisotopic (exact) mass is 216 g/mol. The molecule has 0 saturated carbocycles. The number of hydrogen-bond acceptors (Lipinski definition) is 2. The predicted octanol–water partition coefficient (Wildman–Crippen LogP) is 1.83. The molecule has 1 aromatic rings. The molecule has 0 aliphatic carbocycles. The Kier molecular flexibility index (Phi) is 3.06. The second-order valence-electron chi connectivity index (χ2n) is 4.30. The van der Waals surface area contributed by atoms with Crippen molar-refractivity contribution in [3.8, 4) is 0 Å². The summed E-state index contributed by atoms with van der Waals surface area (Å²) in [5.74, 6) is 0.476. The molecule has 1 aliphatic heterocycles. The van der Waals surface area contributed by atoms with E-state index >= 15 is 0 Å². The summed E-state index contributed by atoms with van der Waals surface area (Å²) in [6, 6.07) is 8.29. The van der Waals surface area contributed by atoms with Crippen LogP contribution in [0.2, 0.25) is 0 Å². The van der Waals surface area contributed by atoms with Gasteiger partial charge >= 0.3 is 0 Å². The highest BCUT2D eigenvalue weighted by Gasteiger charge is 2.15. The number of carbonyl (C=O) groups is 1. The fourth-order valence-electron chi connectivity index (χ4n) is 1.71. The summed E-state index contributed by atoms with van der Waals surface area (Å²) in [5.41, 5.74) is 8.54. The van der Waals surface area contributed by atoms with E-state index in [9.17, 15) is 4.79 Å². The van der Waals surface area contributed by atoms with Crippen LogP contribution >= 0.6 is 0 Å². The van der Waals surface area contributed by atoms with Crippen LogP contribution in [-0.4, -0.2) is 12.5 Å². The summed E-state index contributed by atoms with van der Waals surface area (Å²) in [6.45, 7) is 4.91. The summed E-state index contributed by atoms with van der Waals surface area (Å²) in [6.07, 6.45) is 1.93. The van der Waals surface area contributed by atoms with Crippen molar-refractivity contribution < 1.29 is 4.79 Å². The van der Waals surface area contributed by atoms with Gasteiger partial charge in [-0.25, -0.2) is 5.43 Å². The SMILES string of the molecule is CC(C)c1cccc(/C=C2\CNNC2=O)c1. The largest absolute Gasteiger partial charge is 0.287 e. The average Bonchev–Trinajstić information content (AvgIpc) is 2.65. The maximum atomic E-state index is 11.4. The lowest BCUT2D eigenvalue weighted by molar-refractivity contribution is -0.116. The first-order chi connectivity index (χ1) is 7.66. The smallest absolute Gasteiger partial charge is 0.262 e. The Bertz CT molecular complexity index is 435. The highest BCUT2D eigenvalue weighted by atomic mass is 16.2. The van der Waals surface area contributed by atoms with E-state index in [0.29, 0.717) is 12.5 Å². The van der Waals surface area contributed by atoms with Crippen LogP contribution in [0.4, 0.5) is 0 Å². The van der Waals surface area contributed by atoms with Crippen molar-refractivity contribution >= 4 is 12.0 Å². The Morgan fingerprint density at radius 2 is 2.19 bits per heavy atom. The van der Waals surface area contributed by atoms with Crippen LogP contribution in [0.5, 0.6) is 0 Å². The van der Waals surface area contributed by atoms with E-state index in [1.54, 1.807) is 0 Å². The lowest BCUT2D eigenvalue weighted by Gasteiger charge is -2.05. The molecule has 84 valence electrons. The van der Waals surface area contributed by atoms with Crippen molar-refractivity contribution in [1.82, 2.24) is 10.9 Å². The Morgan fingerprint density at radius 1 is 1.38 bits per heavy atom. The highest BCUT2D eigenvalue weighted by Crippen LogP contribution is 2.17. The van der Waals surface area contributed by atoms with Crippen molar-refractivity contribution in [2.24, 2.45) is 0 Å². The van der Waals surface area contributed by atoms with Gasteiger partial charge in [-0.15, -0.1) is 0 Å². The minimum absolute atomic E-state index is 0.0325. The summed E-state index contributed by atoms with van der Waals surface area (Å²) in [7, 11) is 0. The van der Waals surface area contributed by atoms with Gasteiger partial charge in [0.05, 0.1) is 0 Å². The Balaban J connectivity index is 2.27. The molecule has 0 aromatic heterocycles. The van der Waals surface area contributed by atoms with Gasteiger partial charge in [0.1, 0.15) is 0 Å². The number of rotatable bonds is 2. The number of benzene rings is 1. The van der Waals surface area contributed by atoms with E-state index in [1.165, 1.54) is 5.56 Å². The van der Waals surface area contributed by atoms with Crippen molar-refractivity contribution in [2.75, 3.05) is 6.54 Å². The molecule has 2 N–H and O–H groups in total. The van der Waals surface area contributed by atoms with Gasteiger partial charge in [0.15, 0.2) is 0 Å². The molecular formula is C13H16N2O. The van der Waals surface area contributed by atoms with Crippen molar-refractivity contribution in [3.63, 3.8) is 0 Å². The molecule has 1 heterocycles. The number of carbonyl (C=O) groups excluding carboxylic acids is 1. The molecule has 3 heteroatoms. The van der Waals surface area contributed by atoms with Gasteiger partial charge in [-0.3, -0.25) is 10.2 Å². The fraction of sp³-hybridized carbons (Fsp3) is 0.308. The highest BCUT2D eigenvalue weighted by molar-refractivity contribution is 5.99. The van der Waals surface area contributed by atoms with E-state index in [0.717, 1.165) is 11.1 Å². The molecule has 1 aliphatic rings. The van der Waals surface area contributed by atoms with Crippen LogP contribution in [0.1, 0.15) is 30.9 Å². The van der Waals surface area contributed by atoms with Crippen LogP contribution in [0, 0.1) is 0 Å². The van der Waals surface area contributed by atoms with Gasteiger partial charge in [-0.2, -0.15) is 0 Å². The normalized spacial score (nSPS) is 18.2. The van der Waals surface area contributed by atoms with Crippen LogP contribution in [-0.2, 0) is 4.79 Å². The molecule has 2 rings (SSSR count). The van der Waals surface area contributed by atoms with E-state index in [4.69, 9.17) is 0 Å². The quantitative estimate of drug-likeness (QED) is 0.740. The molecule has 1 fully saturated rings. The number of hydrazine groups is 1. The Labute approximate surface area is 95.5 Å². The van der Waals surface area contributed by atoms with Crippen LogP contribution in [0.15, 0.2) is 29.8 Å². The first-order valence-electron chi connectivity index (χ1n) is 5.50. The van der Waals surface area contributed by atoms with Crippen LogP contribution in [0.25, 0.3) is 6.08 Å². The van der Waals surface area contributed by atoms with E-state index < -0.39 is 0 Å². The molecule has 0 bridgehead atoms. The molecule has 0 unspecified atom stereocenters. The zero-order valence-corrected chi connectivity index (χ0v) is 9.58. The van der Waals surface area contributed by atoms with Crippen molar-refractivity contribution in [3.05, 3.63) is 41.0 Å². The zero-order valence-electron chi connectivity index (χ0n) is 9.58. The topological polar surface area (TPSA) is 41.1 Å². The molecule has 0 spiro atoms. The van der Waals surface area contributed by atoms with Gasteiger partial charge < -0.3 is 0 Å². The fourth-order valence-corrected chi connectivity index (χ4v) is 1.71. The first kappa shape index (κ1) is 10.9. The van der Waals surface area contributed by atoms with Crippen LogP contribution in [0.3, 0.4) is 0 Å². The maximum Gasteiger partial charge on any atom is 0.262 e. The zero-order chi connectivity index (χ0) is 11.5. The third-order valence-electron chi connectivity index (χ3n) is 2.69. The Morgan fingerprint density at radius 3 is 2.81 bits per heavy atom. The average molecular weight is 216 g/mol. The van der Waals surface area contributed by atoms with Crippen molar-refractivity contribution in [2.45, 2.75) is 19.8 Å². The third kappa shape index (κ3) is 2.31. The summed E-state index contributed by atoms with van der Waals surface area (Å²) in [4.78, 5) is 11.4. The second kappa shape index (κ2) is 4.49. The molecule has 1 aromatic carbocycles. The van der Waals surface area contributed by atoms with Crippen LogP contribution < -0.4 is 10.9 Å². The Hall–Kier alpha value is -1.61. The number of amides is 1. The van der Waals surface area contributed by atoms with E-state index in [1.807, 2.05) is 18.2 Å². The van der Waals surface area contributed by atoms with Gasteiger partial charge in [0.25, 0.3) is 5.91 Å². The standard InChI is InChI=1S/C13H16N2O/c1-9(2)11-5-3-4-10(6-11)7-12-8-14-15-13(12)16/h3-7,9,14H,8H2,1-2H3,(H,15,16)/b12-7+. The lowest BCUT2D eigenvalue weighted by atomic mass is 10.00. The first-order valence-corrected chi connectivity index (χ1v) is 5.50. The summed E-state index contributed by atoms with van der Waals surface area (Å²) in [5, 5.41) is 0. The molecule has 1 amide bonds. The molecule has 3 nitrogen and oxygen atoms in total. The molecule has 0 radical (unpaired) electrons. The van der Waals surface area contributed by atoms with Gasteiger partial charge in [-0.1, -0.05) is 38.1 Å². The van der Waals surface area contributed by atoms with Gasteiger partial charge in [0, 0.05) is 12.1 Å². The van der Waals surface area contributed by atoms with Crippen molar-refractivity contribution in [1.29, 1.82) is 0 Å². The minimum Gasteiger partial charge on any atom is -0.287 e. The molecular weight excluding hydrogens is 200 g/mol. The molecule has 0 atom stereocenters. The van der Waals surface area contributed by atoms with E-state index in [2.05, 4.69) is 36.8 Å². The third-order valence-corrected chi connectivity index (χ3v) is 2.69. The maximum absolute atomic E-state index is 11.4. The van der Waals surface area contributed by atoms with Gasteiger partial charge in [0.2, 0.25) is 0 Å². The molecule has 1 saturated heterocycles.